The molecule has 1 aromatic carbocycles. The van der Waals surface area contributed by atoms with E-state index in [0.717, 1.165) is 11.4 Å². The highest BCUT2D eigenvalue weighted by Crippen LogP contribution is 2.33. The Labute approximate surface area is 150 Å². The van der Waals surface area contributed by atoms with Crippen molar-refractivity contribution in [1.82, 2.24) is 9.80 Å². The predicted molar refractivity (Wildman–Crippen MR) is 92.4 cm³/mol. The van der Waals surface area contributed by atoms with Crippen LogP contribution in [0.1, 0.15) is 12.5 Å². The number of nitrogens with zero attached hydrogens (tertiary/aromatic N) is 2. The molecule has 0 radical (unpaired) electrons. The van der Waals surface area contributed by atoms with Crippen molar-refractivity contribution in [3.63, 3.8) is 0 Å². The normalized spacial score (nSPS) is 21.4. The molecule has 2 heterocycles. The average Bonchev–Trinajstić information content (AvgIpc) is 2.58. The van der Waals surface area contributed by atoms with E-state index in [2.05, 4.69) is 4.90 Å². The van der Waals surface area contributed by atoms with Gasteiger partial charge >= 0.3 is 5.97 Å². The Bertz CT molecular complexity index is 729. The van der Waals surface area contributed by atoms with E-state index in [1.165, 1.54) is 12.1 Å². The van der Waals surface area contributed by atoms with Crippen LogP contribution in [0.5, 0.6) is 0 Å². The van der Waals surface area contributed by atoms with Gasteiger partial charge in [-0.3, -0.25) is 0 Å². The SMILES string of the molecule is CC1=C(C(=O)O)C(Cl)N(Cc2cccc(F)c2)C(N2CCOCC2)=C1. The van der Waals surface area contributed by atoms with Crippen molar-refractivity contribution in [1.29, 1.82) is 0 Å². The van der Waals surface area contributed by atoms with Gasteiger partial charge in [-0.2, -0.15) is 0 Å². The Hall–Kier alpha value is -2.05. The van der Waals surface area contributed by atoms with Crippen molar-refractivity contribution >= 4 is 17.6 Å². The van der Waals surface area contributed by atoms with Crippen LogP contribution in [0.3, 0.4) is 0 Å². The molecule has 1 saturated heterocycles. The number of hydrogen-bond acceptors (Lipinski definition) is 4. The standard InChI is InChI=1S/C18H20ClFN2O3/c1-12-9-15(21-5-7-25-8-6-21)22(17(19)16(12)18(23)24)11-13-3-2-4-14(20)10-13/h2-4,9-10,17H,5-8,11H2,1H3,(H,23,24). The third-order valence-electron chi connectivity index (χ3n) is 4.38. The quantitative estimate of drug-likeness (QED) is 0.656. The van der Waals surface area contributed by atoms with E-state index in [1.807, 2.05) is 6.08 Å². The third kappa shape index (κ3) is 3.80. The summed E-state index contributed by atoms with van der Waals surface area (Å²) >= 11 is 6.54. The van der Waals surface area contributed by atoms with E-state index < -0.39 is 11.5 Å². The fourth-order valence-electron chi connectivity index (χ4n) is 3.14. The number of carbonyl (C=O) groups is 1. The molecule has 2 aliphatic rings. The lowest BCUT2D eigenvalue weighted by molar-refractivity contribution is -0.133. The number of morpholine rings is 1. The van der Waals surface area contributed by atoms with Crippen molar-refractivity contribution in [2.75, 3.05) is 26.3 Å². The first kappa shape index (κ1) is 17.8. The van der Waals surface area contributed by atoms with E-state index >= 15 is 0 Å². The van der Waals surface area contributed by atoms with Gasteiger partial charge in [-0.25, -0.2) is 9.18 Å². The molecular weight excluding hydrogens is 347 g/mol. The van der Waals surface area contributed by atoms with Crippen LogP contribution < -0.4 is 0 Å². The molecule has 2 aliphatic heterocycles. The molecule has 1 unspecified atom stereocenters. The van der Waals surface area contributed by atoms with Gasteiger partial charge in [0.15, 0.2) is 0 Å². The summed E-state index contributed by atoms with van der Waals surface area (Å²) < 4.78 is 18.9. The molecule has 0 bridgehead atoms. The average molecular weight is 367 g/mol. The van der Waals surface area contributed by atoms with Crippen LogP contribution in [-0.4, -0.2) is 52.7 Å². The maximum absolute atomic E-state index is 13.5. The minimum absolute atomic E-state index is 0.148. The fourth-order valence-corrected chi connectivity index (χ4v) is 3.58. The van der Waals surface area contributed by atoms with Gasteiger partial charge in [0.2, 0.25) is 0 Å². The van der Waals surface area contributed by atoms with E-state index in [4.69, 9.17) is 16.3 Å². The Balaban J connectivity index is 1.96. The van der Waals surface area contributed by atoms with Crippen molar-refractivity contribution in [2.45, 2.75) is 19.0 Å². The molecule has 0 saturated carbocycles. The second kappa shape index (κ2) is 7.45. The molecule has 1 N–H and O–H groups in total. The van der Waals surface area contributed by atoms with Gasteiger partial charge in [0.1, 0.15) is 17.1 Å². The minimum Gasteiger partial charge on any atom is -0.478 e. The molecule has 0 amide bonds. The second-order valence-electron chi connectivity index (χ2n) is 6.10. The number of hydrogen-bond donors (Lipinski definition) is 1. The number of halogens is 2. The number of carboxylic acid groups (broad SMARTS) is 1. The number of ether oxygens (including phenoxy) is 1. The predicted octanol–water partition coefficient (Wildman–Crippen LogP) is 2.78. The molecule has 25 heavy (non-hydrogen) atoms. The zero-order valence-electron chi connectivity index (χ0n) is 13.9. The maximum atomic E-state index is 13.5. The van der Waals surface area contributed by atoms with E-state index in [-0.39, 0.29) is 11.4 Å². The Morgan fingerprint density at radius 2 is 2.12 bits per heavy atom. The number of aliphatic carboxylic acids is 1. The molecule has 3 rings (SSSR count). The highest BCUT2D eigenvalue weighted by atomic mass is 35.5. The number of alkyl halides is 1. The smallest absolute Gasteiger partial charge is 0.335 e. The zero-order chi connectivity index (χ0) is 18.0. The first-order valence-corrected chi connectivity index (χ1v) is 8.54. The van der Waals surface area contributed by atoms with Crippen molar-refractivity contribution < 1.29 is 19.0 Å². The number of benzene rings is 1. The summed E-state index contributed by atoms with van der Waals surface area (Å²) in [5.41, 5.74) is 0.678. The lowest BCUT2D eigenvalue weighted by Gasteiger charge is -2.42. The molecule has 7 heteroatoms. The van der Waals surface area contributed by atoms with Crippen molar-refractivity contribution in [3.05, 3.63) is 58.7 Å². The summed E-state index contributed by atoms with van der Waals surface area (Å²) in [4.78, 5) is 15.5. The van der Waals surface area contributed by atoms with Crippen LogP contribution in [0.15, 0.2) is 47.3 Å². The summed E-state index contributed by atoms with van der Waals surface area (Å²) in [6.07, 6.45) is 1.84. The number of rotatable bonds is 4. The number of carboxylic acids is 1. The summed E-state index contributed by atoms with van der Waals surface area (Å²) in [5, 5.41) is 9.51. The summed E-state index contributed by atoms with van der Waals surface area (Å²) in [5.74, 6) is -0.531. The summed E-state index contributed by atoms with van der Waals surface area (Å²) in [7, 11) is 0. The van der Waals surface area contributed by atoms with Gasteiger partial charge in [0.05, 0.1) is 18.8 Å². The van der Waals surface area contributed by atoms with Gasteiger partial charge in [0.25, 0.3) is 0 Å². The van der Waals surface area contributed by atoms with Gasteiger partial charge < -0.3 is 19.6 Å². The van der Waals surface area contributed by atoms with E-state index in [9.17, 15) is 14.3 Å². The third-order valence-corrected chi connectivity index (χ3v) is 4.84. The van der Waals surface area contributed by atoms with Gasteiger partial charge in [0, 0.05) is 19.6 Å². The zero-order valence-corrected chi connectivity index (χ0v) is 14.7. The second-order valence-corrected chi connectivity index (χ2v) is 6.51. The lowest BCUT2D eigenvalue weighted by Crippen LogP contribution is -2.46. The Morgan fingerprint density at radius 1 is 1.40 bits per heavy atom. The van der Waals surface area contributed by atoms with Crippen LogP contribution in [-0.2, 0) is 16.1 Å². The molecule has 1 atom stereocenters. The topological polar surface area (TPSA) is 53.0 Å². The largest absolute Gasteiger partial charge is 0.478 e. The van der Waals surface area contributed by atoms with Crippen LogP contribution in [0.2, 0.25) is 0 Å². The Morgan fingerprint density at radius 3 is 2.76 bits per heavy atom. The van der Waals surface area contributed by atoms with Gasteiger partial charge in [-0.05, 0) is 36.3 Å². The minimum atomic E-state index is -1.04. The molecular formula is C18H20ClFN2O3. The lowest BCUT2D eigenvalue weighted by atomic mass is 10.0. The molecule has 5 nitrogen and oxygen atoms in total. The van der Waals surface area contributed by atoms with Gasteiger partial charge in [-0.1, -0.05) is 23.7 Å². The fraction of sp³-hybridized carbons (Fsp3) is 0.389. The van der Waals surface area contributed by atoms with Crippen LogP contribution in [0.25, 0.3) is 0 Å². The number of allylic oxidation sites excluding steroid dienone is 2. The molecule has 1 fully saturated rings. The maximum Gasteiger partial charge on any atom is 0.335 e. The van der Waals surface area contributed by atoms with Gasteiger partial charge in [-0.15, -0.1) is 0 Å². The highest BCUT2D eigenvalue weighted by Gasteiger charge is 2.34. The Kier molecular flexibility index (Phi) is 5.30. The molecule has 1 aromatic rings. The highest BCUT2D eigenvalue weighted by molar-refractivity contribution is 6.25. The summed E-state index contributed by atoms with van der Waals surface area (Å²) in [6.45, 7) is 4.67. The van der Waals surface area contributed by atoms with Crippen LogP contribution in [0, 0.1) is 5.82 Å². The van der Waals surface area contributed by atoms with Crippen molar-refractivity contribution in [2.24, 2.45) is 0 Å². The van der Waals surface area contributed by atoms with E-state index in [0.29, 0.717) is 38.4 Å². The molecule has 0 aromatic heterocycles. The summed E-state index contributed by atoms with van der Waals surface area (Å²) in [6, 6.07) is 6.25. The van der Waals surface area contributed by atoms with Crippen LogP contribution >= 0.6 is 11.6 Å². The molecule has 0 aliphatic carbocycles. The van der Waals surface area contributed by atoms with Crippen LogP contribution in [0.4, 0.5) is 4.39 Å². The van der Waals surface area contributed by atoms with E-state index in [1.54, 1.807) is 24.0 Å². The van der Waals surface area contributed by atoms with Crippen molar-refractivity contribution in [3.8, 4) is 0 Å². The monoisotopic (exact) mass is 366 g/mol. The molecule has 134 valence electrons. The molecule has 0 spiro atoms. The first-order chi connectivity index (χ1) is 12.0. The first-order valence-electron chi connectivity index (χ1n) is 8.11.